The highest BCUT2D eigenvalue weighted by Gasteiger charge is 2.12. The van der Waals surface area contributed by atoms with Gasteiger partial charge >= 0.3 is 7.12 Å². The molecule has 0 aromatic heterocycles. The highest BCUT2D eigenvalue weighted by molar-refractivity contribution is 6.58. The summed E-state index contributed by atoms with van der Waals surface area (Å²) in [4.78, 5) is 0. The average Bonchev–Trinajstić information content (AvgIpc) is 2.33. The van der Waals surface area contributed by atoms with Gasteiger partial charge in [-0.05, 0) is 29.4 Å². The van der Waals surface area contributed by atoms with Crippen molar-refractivity contribution in [3.8, 4) is 0 Å². The Balaban J connectivity index is 3.00. The number of allylic oxidation sites excluding steroid dienone is 2. The van der Waals surface area contributed by atoms with Gasteiger partial charge in [-0.3, -0.25) is 0 Å². The molecule has 2 nitrogen and oxygen atoms in total. The van der Waals surface area contributed by atoms with Gasteiger partial charge in [-0.2, -0.15) is 0 Å². The van der Waals surface area contributed by atoms with Crippen LogP contribution >= 0.6 is 0 Å². The Labute approximate surface area is 99.1 Å². The van der Waals surface area contributed by atoms with Crippen LogP contribution in [0, 0.1) is 0 Å². The summed E-state index contributed by atoms with van der Waals surface area (Å²) in [5.41, 5.74) is 1.80. The molecular formula is C12H13BF2O2. The normalized spacial score (nSPS) is 11.5. The van der Waals surface area contributed by atoms with Crippen LogP contribution in [0.4, 0.5) is 8.78 Å². The van der Waals surface area contributed by atoms with E-state index in [1.165, 1.54) is 12.2 Å². The molecule has 90 valence electrons. The van der Waals surface area contributed by atoms with Gasteiger partial charge < -0.3 is 10.0 Å². The predicted molar refractivity (Wildman–Crippen MR) is 64.2 cm³/mol. The molecule has 1 aromatic rings. The van der Waals surface area contributed by atoms with Gasteiger partial charge in [-0.25, -0.2) is 8.78 Å². The van der Waals surface area contributed by atoms with Gasteiger partial charge in [0, 0.05) is 0 Å². The smallest absolute Gasteiger partial charge is 0.423 e. The van der Waals surface area contributed by atoms with Crippen LogP contribution in [0.3, 0.4) is 0 Å². The van der Waals surface area contributed by atoms with Crippen molar-refractivity contribution in [3.63, 3.8) is 0 Å². The standard InChI is InChI=1S/C12H13BF2O2/c14-5-1-3-10-7-11(4-2-6-15)9-12(8-10)13(16)17/h1-2,5-9,16-17H,3-4H2. The van der Waals surface area contributed by atoms with E-state index in [0.29, 0.717) is 31.0 Å². The molecule has 0 heterocycles. The van der Waals surface area contributed by atoms with E-state index < -0.39 is 7.12 Å². The second kappa shape index (κ2) is 6.99. The molecule has 0 fully saturated rings. The van der Waals surface area contributed by atoms with Gasteiger partial charge in [0.2, 0.25) is 0 Å². The average molecular weight is 238 g/mol. The largest absolute Gasteiger partial charge is 0.488 e. The molecule has 0 bridgehead atoms. The second-order valence-corrected chi connectivity index (χ2v) is 3.59. The van der Waals surface area contributed by atoms with Crippen molar-refractivity contribution in [1.82, 2.24) is 0 Å². The summed E-state index contributed by atoms with van der Waals surface area (Å²) in [5.74, 6) is 0. The van der Waals surface area contributed by atoms with Crippen molar-refractivity contribution in [1.29, 1.82) is 0 Å². The molecule has 5 heteroatoms. The molecule has 17 heavy (non-hydrogen) atoms. The van der Waals surface area contributed by atoms with Crippen LogP contribution < -0.4 is 5.46 Å². The van der Waals surface area contributed by atoms with E-state index in [1.54, 1.807) is 18.2 Å². The van der Waals surface area contributed by atoms with Crippen molar-refractivity contribution < 1.29 is 18.8 Å². The van der Waals surface area contributed by atoms with Crippen LogP contribution in [-0.4, -0.2) is 17.2 Å². The third-order valence-corrected chi connectivity index (χ3v) is 2.26. The zero-order chi connectivity index (χ0) is 12.7. The first-order valence-corrected chi connectivity index (χ1v) is 5.16. The summed E-state index contributed by atoms with van der Waals surface area (Å²) in [7, 11) is -1.59. The van der Waals surface area contributed by atoms with Gasteiger partial charge in [-0.1, -0.05) is 30.4 Å². The molecule has 0 saturated carbocycles. The fourth-order valence-corrected chi connectivity index (χ4v) is 1.54. The molecule has 0 aliphatic heterocycles. The minimum Gasteiger partial charge on any atom is -0.423 e. The Bertz CT molecular complexity index is 385. The minimum atomic E-state index is -1.59. The molecule has 0 saturated heterocycles. The third kappa shape index (κ3) is 4.50. The summed E-state index contributed by atoms with van der Waals surface area (Å²) < 4.78 is 23.8. The number of hydrogen-bond donors (Lipinski definition) is 2. The summed E-state index contributed by atoms with van der Waals surface area (Å²) >= 11 is 0. The Morgan fingerprint density at radius 2 is 1.41 bits per heavy atom. The Morgan fingerprint density at radius 1 is 0.941 bits per heavy atom. The van der Waals surface area contributed by atoms with Crippen molar-refractivity contribution in [2.75, 3.05) is 0 Å². The van der Waals surface area contributed by atoms with Crippen LogP contribution in [0.25, 0.3) is 0 Å². The highest BCUT2D eigenvalue weighted by atomic mass is 19.1. The van der Waals surface area contributed by atoms with Crippen LogP contribution in [0.5, 0.6) is 0 Å². The number of halogens is 2. The molecule has 0 radical (unpaired) electrons. The molecule has 0 aliphatic carbocycles. The lowest BCUT2D eigenvalue weighted by Crippen LogP contribution is -2.30. The topological polar surface area (TPSA) is 40.5 Å². The Hall–Kier alpha value is -1.46. The van der Waals surface area contributed by atoms with Crippen molar-refractivity contribution in [2.45, 2.75) is 12.8 Å². The molecular weight excluding hydrogens is 225 g/mol. The van der Waals surface area contributed by atoms with Gasteiger partial charge in [0.15, 0.2) is 0 Å². The maximum atomic E-state index is 11.9. The monoisotopic (exact) mass is 238 g/mol. The van der Waals surface area contributed by atoms with Crippen LogP contribution in [0.15, 0.2) is 43.0 Å². The SMILES string of the molecule is OB(O)c1cc(CC=CF)cc(CC=CF)c1. The van der Waals surface area contributed by atoms with E-state index in [4.69, 9.17) is 10.0 Å². The zero-order valence-electron chi connectivity index (χ0n) is 9.18. The molecule has 0 spiro atoms. The Morgan fingerprint density at radius 3 is 1.76 bits per heavy atom. The summed E-state index contributed by atoms with van der Waals surface area (Å²) in [6.45, 7) is 0. The van der Waals surface area contributed by atoms with Gasteiger partial charge in [0.05, 0.1) is 12.7 Å². The fraction of sp³-hybridized carbons (Fsp3) is 0.167. The summed E-state index contributed by atoms with van der Waals surface area (Å²) in [5, 5.41) is 18.2. The van der Waals surface area contributed by atoms with E-state index in [2.05, 4.69) is 0 Å². The maximum absolute atomic E-state index is 11.9. The van der Waals surface area contributed by atoms with Gasteiger partial charge in [0.1, 0.15) is 0 Å². The van der Waals surface area contributed by atoms with E-state index >= 15 is 0 Å². The van der Waals surface area contributed by atoms with Gasteiger partial charge in [0.25, 0.3) is 0 Å². The highest BCUT2D eigenvalue weighted by Crippen LogP contribution is 2.07. The van der Waals surface area contributed by atoms with Gasteiger partial charge in [-0.15, -0.1) is 0 Å². The predicted octanol–water partition coefficient (Wildman–Crippen LogP) is 1.42. The molecule has 1 rings (SSSR count). The second-order valence-electron chi connectivity index (χ2n) is 3.59. The minimum absolute atomic E-state index is 0.317. The summed E-state index contributed by atoms with van der Waals surface area (Å²) in [6.07, 6.45) is 4.20. The van der Waals surface area contributed by atoms with Crippen LogP contribution in [0.1, 0.15) is 11.1 Å². The molecule has 0 atom stereocenters. The van der Waals surface area contributed by atoms with E-state index in [-0.39, 0.29) is 0 Å². The first-order chi connectivity index (χ1) is 8.17. The number of rotatable bonds is 5. The zero-order valence-corrected chi connectivity index (χ0v) is 9.18. The fourth-order valence-electron chi connectivity index (χ4n) is 1.54. The maximum Gasteiger partial charge on any atom is 0.488 e. The summed E-state index contributed by atoms with van der Waals surface area (Å²) in [6, 6.07) is 4.92. The van der Waals surface area contributed by atoms with E-state index in [1.807, 2.05) is 0 Å². The van der Waals surface area contributed by atoms with Crippen LogP contribution in [-0.2, 0) is 12.8 Å². The Kier molecular flexibility index (Phi) is 5.59. The van der Waals surface area contributed by atoms with Crippen molar-refractivity contribution in [2.24, 2.45) is 0 Å². The van der Waals surface area contributed by atoms with Crippen molar-refractivity contribution >= 4 is 12.6 Å². The number of benzene rings is 1. The lowest BCUT2D eigenvalue weighted by molar-refractivity contribution is 0.425. The lowest BCUT2D eigenvalue weighted by atomic mass is 9.78. The molecule has 0 amide bonds. The first kappa shape index (κ1) is 13.6. The van der Waals surface area contributed by atoms with E-state index in [9.17, 15) is 8.78 Å². The quantitative estimate of drug-likeness (QED) is 0.761. The number of hydrogen-bond acceptors (Lipinski definition) is 2. The molecule has 2 N–H and O–H groups in total. The van der Waals surface area contributed by atoms with Crippen molar-refractivity contribution in [3.05, 3.63) is 54.1 Å². The first-order valence-electron chi connectivity index (χ1n) is 5.16. The molecule has 0 unspecified atom stereocenters. The molecule has 0 aliphatic rings. The lowest BCUT2D eigenvalue weighted by Gasteiger charge is -2.06. The molecule has 1 aromatic carbocycles. The third-order valence-electron chi connectivity index (χ3n) is 2.26. The van der Waals surface area contributed by atoms with E-state index in [0.717, 1.165) is 11.1 Å². The van der Waals surface area contributed by atoms with Crippen LogP contribution in [0.2, 0.25) is 0 Å².